The molecule has 1 N–H and O–H groups in total. The van der Waals surface area contributed by atoms with E-state index in [0.717, 1.165) is 21.5 Å². The van der Waals surface area contributed by atoms with Gasteiger partial charge in [-0.1, -0.05) is 34.1 Å². The summed E-state index contributed by atoms with van der Waals surface area (Å²) in [5.74, 6) is 1.61. The van der Waals surface area contributed by atoms with Crippen molar-refractivity contribution in [3.63, 3.8) is 0 Å². The predicted molar refractivity (Wildman–Crippen MR) is 95.2 cm³/mol. The van der Waals surface area contributed by atoms with Crippen molar-refractivity contribution in [2.75, 3.05) is 20.3 Å². The van der Waals surface area contributed by atoms with Crippen LogP contribution in [0.5, 0.6) is 11.5 Å². The van der Waals surface area contributed by atoms with Gasteiger partial charge in [0.05, 0.1) is 6.04 Å². The molecule has 0 amide bonds. The summed E-state index contributed by atoms with van der Waals surface area (Å²) in [5.41, 5.74) is 2.39. The molecule has 1 aliphatic heterocycles. The first-order chi connectivity index (χ1) is 10.2. The molecule has 110 valence electrons. The van der Waals surface area contributed by atoms with Gasteiger partial charge in [0.25, 0.3) is 0 Å². The van der Waals surface area contributed by atoms with Crippen molar-refractivity contribution in [2.45, 2.75) is 6.04 Å². The number of hydrogen-bond acceptors (Lipinski definition) is 3. The summed E-state index contributed by atoms with van der Waals surface area (Å²) in [6, 6.07) is 12.5. The second-order valence-electron chi connectivity index (χ2n) is 4.76. The van der Waals surface area contributed by atoms with Crippen LogP contribution in [-0.2, 0) is 0 Å². The monoisotopic (exact) mass is 459 g/mol. The van der Waals surface area contributed by atoms with Crippen LogP contribution in [0.25, 0.3) is 0 Å². The van der Waals surface area contributed by atoms with Gasteiger partial charge < -0.3 is 14.8 Å². The second-order valence-corrected chi connectivity index (χ2v) is 6.78. The summed E-state index contributed by atoms with van der Waals surface area (Å²) in [7, 11) is 1.97. The molecule has 0 fully saturated rings. The van der Waals surface area contributed by atoms with Crippen molar-refractivity contribution in [1.82, 2.24) is 5.32 Å². The number of hydrogen-bond donors (Lipinski definition) is 1. The van der Waals surface area contributed by atoms with Crippen LogP contribution in [0.1, 0.15) is 17.2 Å². The highest BCUT2D eigenvalue weighted by Crippen LogP contribution is 2.40. The molecule has 1 atom stereocenters. The van der Waals surface area contributed by atoms with Crippen LogP contribution in [0.4, 0.5) is 0 Å². The fourth-order valence-corrected chi connectivity index (χ4v) is 3.74. The maximum atomic E-state index is 5.70. The van der Waals surface area contributed by atoms with Crippen LogP contribution in [0.3, 0.4) is 0 Å². The molecule has 2 aromatic rings. The van der Waals surface area contributed by atoms with E-state index in [2.05, 4.69) is 74.2 Å². The van der Waals surface area contributed by atoms with Gasteiger partial charge in [-0.15, -0.1) is 0 Å². The molecule has 1 unspecified atom stereocenters. The lowest BCUT2D eigenvalue weighted by Crippen LogP contribution is -2.21. The molecule has 0 saturated carbocycles. The third kappa shape index (κ3) is 3.05. The Morgan fingerprint density at radius 1 is 1.10 bits per heavy atom. The number of fused-ring (bicyclic) bond motifs is 1. The molecule has 0 saturated heterocycles. The minimum atomic E-state index is 0.100. The number of benzene rings is 2. The Kier molecular flexibility index (Phi) is 4.71. The normalized spacial score (nSPS) is 14.8. The van der Waals surface area contributed by atoms with Gasteiger partial charge in [-0.25, -0.2) is 0 Å². The smallest absolute Gasteiger partial charge is 0.162 e. The molecule has 0 bridgehead atoms. The first-order valence-electron chi connectivity index (χ1n) is 6.71. The van der Waals surface area contributed by atoms with E-state index in [1.165, 1.54) is 9.13 Å². The van der Waals surface area contributed by atoms with E-state index in [9.17, 15) is 0 Å². The van der Waals surface area contributed by atoms with E-state index < -0.39 is 0 Å². The standard InChI is InChI=1S/C16H15BrINO2/c1-19-16(10-4-2-3-5-13(10)18)11-8-14-15(9-12(11)17)21-7-6-20-14/h2-5,8-9,16,19H,6-7H2,1H3. The number of rotatable bonds is 3. The van der Waals surface area contributed by atoms with Crippen molar-refractivity contribution >= 4 is 38.5 Å². The van der Waals surface area contributed by atoms with Crippen LogP contribution < -0.4 is 14.8 Å². The van der Waals surface area contributed by atoms with E-state index in [-0.39, 0.29) is 6.04 Å². The van der Waals surface area contributed by atoms with Crippen molar-refractivity contribution < 1.29 is 9.47 Å². The fraction of sp³-hybridized carbons (Fsp3) is 0.250. The molecule has 21 heavy (non-hydrogen) atoms. The zero-order valence-corrected chi connectivity index (χ0v) is 15.3. The molecule has 1 aliphatic rings. The Balaban J connectivity index is 2.07. The maximum Gasteiger partial charge on any atom is 0.162 e. The number of ether oxygens (including phenoxy) is 2. The molecule has 0 radical (unpaired) electrons. The molecule has 0 spiro atoms. The Hall–Kier alpha value is -0.790. The summed E-state index contributed by atoms with van der Waals surface area (Å²) in [6.45, 7) is 1.20. The first-order valence-corrected chi connectivity index (χ1v) is 8.58. The highest BCUT2D eigenvalue weighted by Gasteiger charge is 2.21. The van der Waals surface area contributed by atoms with Crippen LogP contribution in [0.2, 0.25) is 0 Å². The van der Waals surface area contributed by atoms with Crippen LogP contribution >= 0.6 is 38.5 Å². The third-order valence-electron chi connectivity index (χ3n) is 3.48. The Morgan fingerprint density at radius 2 is 1.76 bits per heavy atom. The van der Waals surface area contributed by atoms with Crippen LogP contribution in [0.15, 0.2) is 40.9 Å². The zero-order valence-electron chi connectivity index (χ0n) is 11.5. The quantitative estimate of drug-likeness (QED) is 0.700. The minimum absolute atomic E-state index is 0.100. The van der Waals surface area contributed by atoms with Gasteiger partial charge in [0, 0.05) is 8.04 Å². The van der Waals surface area contributed by atoms with Gasteiger partial charge in [0.15, 0.2) is 11.5 Å². The average molecular weight is 460 g/mol. The van der Waals surface area contributed by atoms with E-state index in [1.807, 2.05) is 13.1 Å². The Labute approximate surface area is 146 Å². The topological polar surface area (TPSA) is 30.5 Å². The fourth-order valence-electron chi connectivity index (χ4n) is 2.49. The number of halogens is 2. The molecular weight excluding hydrogens is 445 g/mol. The van der Waals surface area contributed by atoms with Gasteiger partial charge >= 0.3 is 0 Å². The lowest BCUT2D eigenvalue weighted by Gasteiger charge is -2.24. The number of nitrogens with one attached hydrogen (secondary N) is 1. The molecule has 2 aromatic carbocycles. The van der Waals surface area contributed by atoms with E-state index in [4.69, 9.17) is 9.47 Å². The largest absolute Gasteiger partial charge is 0.486 e. The molecule has 5 heteroatoms. The SMILES string of the molecule is CNC(c1cc2c(cc1Br)OCCO2)c1ccccc1I. The second kappa shape index (κ2) is 6.54. The first kappa shape index (κ1) is 15.1. The Bertz CT molecular complexity index is 663. The van der Waals surface area contributed by atoms with Crippen molar-refractivity contribution in [3.05, 3.63) is 55.6 Å². The third-order valence-corrected chi connectivity index (χ3v) is 5.15. The summed E-state index contributed by atoms with van der Waals surface area (Å²) >= 11 is 6.03. The molecule has 3 rings (SSSR count). The highest BCUT2D eigenvalue weighted by molar-refractivity contribution is 14.1. The van der Waals surface area contributed by atoms with Gasteiger partial charge in [-0.05, 0) is 59.0 Å². The van der Waals surface area contributed by atoms with Gasteiger partial charge in [0.1, 0.15) is 13.2 Å². The summed E-state index contributed by atoms with van der Waals surface area (Å²) in [4.78, 5) is 0. The highest BCUT2D eigenvalue weighted by atomic mass is 127. The van der Waals surface area contributed by atoms with E-state index in [0.29, 0.717) is 13.2 Å². The van der Waals surface area contributed by atoms with E-state index in [1.54, 1.807) is 0 Å². The van der Waals surface area contributed by atoms with Crippen LogP contribution in [-0.4, -0.2) is 20.3 Å². The molecule has 3 nitrogen and oxygen atoms in total. The summed E-state index contributed by atoms with van der Waals surface area (Å²) < 4.78 is 13.6. The lowest BCUT2D eigenvalue weighted by molar-refractivity contribution is 0.171. The van der Waals surface area contributed by atoms with Crippen LogP contribution in [0, 0.1) is 3.57 Å². The van der Waals surface area contributed by atoms with Crippen molar-refractivity contribution in [3.8, 4) is 11.5 Å². The summed E-state index contributed by atoms with van der Waals surface area (Å²) in [6.07, 6.45) is 0. The van der Waals surface area contributed by atoms with Crippen molar-refractivity contribution in [1.29, 1.82) is 0 Å². The molecular formula is C16H15BrINO2. The predicted octanol–water partition coefficient (Wildman–Crippen LogP) is 4.13. The average Bonchev–Trinajstić information content (AvgIpc) is 2.50. The lowest BCUT2D eigenvalue weighted by atomic mass is 9.98. The zero-order chi connectivity index (χ0) is 14.8. The van der Waals surface area contributed by atoms with Crippen molar-refractivity contribution in [2.24, 2.45) is 0 Å². The summed E-state index contributed by atoms with van der Waals surface area (Å²) in [5, 5.41) is 3.39. The Morgan fingerprint density at radius 3 is 2.43 bits per heavy atom. The van der Waals surface area contributed by atoms with E-state index >= 15 is 0 Å². The van der Waals surface area contributed by atoms with Gasteiger partial charge in [-0.3, -0.25) is 0 Å². The molecule has 1 heterocycles. The molecule has 0 aromatic heterocycles. The maximum absolute atomic E-state index is 5.70. The minimum Gasteiger partial charge on any atom is -0.486 e. The van der Waals surface area contributed by atoms with Gasteiger partial charge in [-0.2, -0.15) is 0 Å². The molecule has 0 aliphatic carbocycles. The van der Waals surface area contributed by atoms with Gasteiger partial charge in [0.2, 0.25) is 0 Å².